The lowest BCUT2D eigenvalue weighted by atomic mass is 10.0. The molecule has 1 unspecified atom stereocenters. The number of ether oxygens (including phenoxy) is 2. The highest BCUT2D eigenvalue weighted by molar-refractivity contribution is 5.66. The molecule has 2 aromatic rings. The Morgan fingerprint density at radius 1 is 1.36 bits per heavy atom. The fourth-order valence-electron chi connectivity index (χ4n) is 3.12. The van der Waals surface area contributed by atoms with Crippen LogP contribution in [0, 0.1) is 0 Å². The van der Waals surface area contributed by atoms with Crippen LogP contribution in [0.4, 0.5) is 13.2 Å². The number of hydrogen-bond acceptors (Lipinski definition) is 5. The van der Waals surface area contributed by atoms with Gasteiger partial charge in [-0.3, -0.25) is 5.10 Å². The largest absolute Gasteiger partial charge is 0.488 e. The van der Waals surface area contributed by atoms with Crippen LogP contribution in [0.15, 0.2) is 24.4 Å². The van der Waals surface area contributed by atoms with E-state index in [4.69, 9.17) is 9.47 Å². The smallest absolute Gasteiger partial charge is 0.416 e. The van der Waals surface area contributed by atoms with Crippen LogP contribution in [0.5, 0.6) is 5.75 Å². The summed E-state index contributed by atoms with van der Waals surface area (Å²) in [5.74, 6) is 0.179. The lowest BCUT2D eigenvalue weighted by Gasteiger charge is -2.18. The van der Waals surface area contributed by atoms with E-state index in [0.717, 1.165) is 30.8 Å². The quantitative estimate of drug-likeness (QED) is 0.716. The number of rotatable bonds is 8. The Morgan fingerprint density at radius 3 is 2.86 bits per heavy atom. The molecule has 0 radical (unpaired) electrons. The summed E-state index contributed by atoms with van der Waals surface area (Å²) < 4.78 is 51.3. The minimum absolute atomic E-state index is 0.179. The van der Waals surface area contributed by atoms with Gasteiger partial charge in [-0.2, -0.15) is 18.3 Å². The topological polar surface area (TPSA) is 62.4 Å². The molecule has 3 rings (SSSR count). The zero-order valence-corrected chi connectivity index (χ0v) is 16.0. The van der Waals surface area contributed by atoms with Crippen LogP contribution in [0.25, 0.3) is 11.3 Å². The van der Waals surface area contributed by atoms with Crippen LogP contribution >= 0.6 is 0 Å². The molecule has 6 nitrogen and oxygen atoms in total. The Labute approximate surface area is 162 Å². The first kappa shape index (κ1) is 20.6. The van der Waals surface area contributed by atoms with Crippen molar-refractivity contribution >= 4 is 0 Å². The summed E-state index contributed by atoms with van der Waals surface area (Å²) in [4.78, 5) is 2.08. The van der Waals surface area contributed by atoms with Gasteiger partial charge < -0.3 is 19.7 Å². The monoisotopic (exact) mass is 398 g/mol. The van der Waals surface area contributed by atoms with Gasteiger partial charge in [-0.15, -0.1) is 0 Å². The molecule has 1 aromatic heterocycles. The second kappa shape index (κ2) is 8.93. The third-order valence-corrected chi connectivity index (χ3v) is 4.60. The molecule has 2 N–H and O–H groups in total. The Hall–Kier alpha value is -2.10. The lowest BCUT2D eigenvalue weighted by Crippen LogP contribution is -2.27. The summed E-state index contributed by atoms with van der Waals surface area (Å²) in [6, 6.07) is 3.76. The minimum atomic E-state index is -4.47. The summed E-state index contributed by atoms with van der Waals surface area (Å²) in [7, 11) is 3.82. The van der Waals surface area contributed by atoms with Crippen LogP contribution in [-0.2, 0) is 17.5 Å². The predicted molar refractivity (Wildman–Crippen MR) is 99.1 cm³/mol. The SMILES string of the molecule is CNCCN(C)Cc1c[nH]nc1-c1cc(OC2CCOC2)cc(C(F)(F)F)c1. The van der Waals surface area contributed by atoms with Gasteiger partial charge in [0.1, 0.15) is 11.9 Å². The van der Waals surface area contributed by atoms with Crippen molar-refractivity contribution in [3.05, 3.63) is 35.5 Å². The highest BCUT2D eigenvalue weighted by atomic mass is 19.4. The van der Waals surface area contributed by atoms with Gasteiger partial charge in [-0.1, -0.05) is 0 Å². The molecule has 1 aliphatic heterocycles. The number of halogens is 3. The molecule has 28 heavy (non-hydrogen) atoms. The highest BCUT2D eigenvalue weighted by Gasteiger charge is 2.32. The summed E-state index contributed by atoms with van der Waals surface area (Å²) >= 11 is 0. The van der Waals surface area contributed by atoms with Gasteiger partial charge in [-0.05, 0) is 32.3 Å². The number of hydrogen-bond donors (Lipinski definition) is 2. The molecule has 9 heteroatoms. The standard InChI is InChI=1S/C19H25F3N4O2/c1-23-4-5-26(2)11-14-10-24-25-18(14)13-7-15(19(20,21)22)9-17(8-13)28-16-3-6-27-12-16/h7-10,16,23H,3-6,11-12H2,1-2H3,(H,24,25). The van der Waals surface area contributed by atoms with E-state index in [1.54, 1.807) is 12.3 Å². The molecule has 154 valence electrons. The van der Waals surface area contributed by atoms with Gasteiger partial charge in [0.25, 0.3) is 0 Å². The normalized spacial score (nSPS) is 17.4. The van der Waals surface area contributed by atoms with Crippen LogP contribution in [0.3, 0.4) is 0 Å². The van der Waals surface area contributed by atoms with Crippen molar-refractivity contribution in [2.75, 3.05) is 40.4 Å². The number of nitrogens with one attached hydrogen (secondary N) is 2. The second-order valence-corrected chi connectivity index (χ2v) is 6.95. The first-order valence-corrected chi connectivity index (χ1v) is 9.19. The molecular weight excluding hydrogens is 373 g/mol. The first-order chi connectivity index (χ1) is 13.4. The molecular formula is C19H25F3N4O2. The number of H-pyrrole nitrogens is 1. The third kappa shape index (κ3) is 5.24. The van der Waals surface area contributed by atoms with E-state index in [1.807, 2.05) is 14.1 Å². The van der Waals surface area contributed by atoms with E-state index in [-0.39, 0.29) is 11.9 Å². The highest BCUT2D eigenvalue weighted by Crippen LogP contribution is 2.36. The summed E-state index contributed by atoms with van der Waals surface area (Å²) in [5.41, 5.74) is 0.946. The molecule has 0 bridgehead atoms. The van der Waals surface area contributed by atoms with Crippen molar-refractivity contribution in [2.45, 2.75) is 25.2 Å². The Balaban J connectivity index is 1.89. The molecule has 1 atom stereocenters. The molecule has 1 fully saturated rings. The average molecular weight is 398 g/mol. The molecule has 1 aliphatic rings. The molecule has 0 amide bonds. The fourth-order valence-corrected chi connectivity index (χ4v) is 3.12. The molecule has 0 aliphatic carbocycles. The molecule has 2 heterocycles. The zero-order valence-electron chi connectivity index (χ0n) is 16.0. The number of benzene rings is 1. The number of nitrogens with zero attached hydrogens (tertiary/aromatic N) is 2. The molecule has 1 aromatic carbocycles. The summed E-state index contributed by atoms with van der Waals surface area (Å²) in [6.45, 7) is 3.12. The Morgan fingerprint density at radius 2 is 2.18 bits per heavy atom. The number of aromatic amines is 1. The molecule has 1 saturated heterocycles. The van der Waals surface area contributed by atoms with E-state index in [2.05, 4.69) is 20.4 Å². The van der Waals surface area contributed by atoms with E-state index in [9.17, 15) is 13.2 Å². The van der Waals surface area contributed by atoms with Crippen LogP contribution in [-0.4, -0.2) is 61.6 Å². The summed E-state index contributed by atoms with van der Waals surface area (Å²) in [6.07, 6.45) is -2.32. The van der Waals surface area contributed by atoms with Gasteiger partial charge in [0.2, 0.25) is 0 Å². The van der Waals surface area contributed by atoms with E-state index >= 15 is 0 Å². The fraction of sp³-hybridized carbons (Fsp3) is 0.526. The minimum Gasteiger partial charge on any atom is -0.488 e. The van der Waals surface area contributed by atoms with Crippen molar-refractivity contribution in [3.8, 4) is 17.0 Å². The maximum Gasteiger partial charge on any atom is 0.416 e. The summed E-state index contributed by atoms with van der Waals surface area (Å²) in [5, 5.41) is 10.0. The lowest BCUT2D eigenvalue weighted by molar-refractivity contribution is -0.137. The van der Waals surface area contributed by atoms with E-state index in [1.165, 1.54) is 0 Å². The Kier molecular flexibility index (Phi) is 6.58. The third-order valence-electron chi connectivity index (χ3n) is 4.60. The van der Waals surface area contributed by atoms with Gasteiger partial charge in [0.05, 0.1) is 24.5 Å². The van der Waals surface area contributed by atoms with Gasteiger partial charge in [0.15, 0.2) is 0 Å². The Bertz CT molecular complexity index is 773. The molecule has 0 spiro atoms. The van der Waals surface area contributed by atoms with Gasteiger partial charge >= 0.3 is 6.18 Å². The van der Waals surface area contributed by atoms with Crippen molar-refractivity contribution in [3.63, 3.8) is 0 Å². The van der Waals surface area contributed by atoms with Crippen LogP contribution in [0.2, 0.25) is 0 Å². The van der Waals surface area contributed by atoms with Crippen molar-refractivity contribution < 1.29 is 22.6 Å². The predicted octanol–water partition coefficient (Wildman–Crippen LogP) is 2.91. The zero-order chi connectivity index (χ0) is 20.1. The van der Waals surface area contributed by atoms with E-state index in [0.29, 0.717) is 37.4 Å². The van der Waals surface area contributed by atoms with Crippen molar-refractivity contribution in [1.82, 2.24) is 20.4 Å². The van der Waals surface area contributed by atoms with Crippen LogP contribution in [0.1, 0.15) is 17.5 Å². The number of aromatic nitrogens is 2. The first-order valence-electron chi connectivity index (χ1n) is 9.19. The number of alkyl halides is 3. The average Bonchev–Trinajstić information content (AvgIpc) is 3.31. The maximum absolute atomic E-state index is 13.4. The van der Waals surface area contributed by atoms with Crippen molar-refractivity contribution in [1.29, 1.82) is 0 Å². The van der Waals surface area contributed by atoms with Crippen molar-refractivity contribution in [2.24, 2.45) is 0 Å². The van der Waals surface area contributed by atoms with Crippen LogP contribution < -0.4 is 10.1 Å². The van der Waals surface area contributed by atoms with Gasteiger partial charge in [0, 0.05) is 43.4 Å². The van der Waals surface area contributed by atoms with E-state index < -0.39 is 11.7 Å². The maximum atomic E-state index is 13.4. The second-order valence-electron chi connectivity index (χ2n) is 6.95. The van der Waals surface area contributed by atoms with Gasteiger partial charge in [-0.25, -0.2) is 0 Å². The molecule has 0 saturated carbocycles. The number of likely N-dealkylation sites (N-methyl/N-ethyl adjacent to an activating group) is 2.